The van der Waals surface area contributed by atoms with Crippen molar-refractivity contribution in [1.29, 1.82) is 0 Å². The monoisotopic (exact) mass is 373 g/mol. The molecule has 3 atom stereocenters. The van der Waals surface area contributed by atoms with Crippen molar-refractivity contribution in [3.05, 3.63) is 59.4 Å². The van der Waals surface area contributed by atoms with Crippen LogP contribution in [0.2, 0.25) is 0 Å². The Morgan fingerprint density at radius 2 is 1.89 bits per heavy atom. The summed E-state index contributed by atoms with van der Waals surface area (Å²) in [6.07, 6.45) is -2.89. The van der Waals surface area contributed by atoms with E-state index in [1.807, 2.05) is 24.3 Å². The lowest BCUT2D eigenvalue weighted by molar-refractivity contribution is -0.144. The summed E-state index contributed by atoms with van der Waals surface area (Å²) >= 11 is 0. The molecule has 0 bridgehead atoms. The highest BCUT2D eigenvalue weighted by Crippen LogP contribution is 2.51. The van der Waals surface area contributed by atoms with Gasteiger partial charge >= 0.3 is 6.18 Å². The maximum atomic E-state index is 13.1. The van der Waals surface area contributed by atoms with Gasteiger partial charge in [-0.3, -0.25) is 0 Å². The van der Waals surface area contributed by atoms with E-state index in [-0.39, 0.29) is 18.1 Å². The predicted molar refractivity (Wildman–Crippen MR) is 95.3 cm³/mol. The van der Waals surface area contributed by atoms with Gasteiger partial charge in [0.05, 0.1) is 23.2 Å². The average molecular weight is 373 g/mol. The quantitative estimate of drug-likeness (QED) is 0.615. The van der Waals surface area contributed by atoms with E-state index in [0.29, 0.717) is 17.6 Å². The van der Waals surface area contributed by atoms with Crippen molar-refractivity contribution in [3.8, 4) is 0 Å². The van der Waals surface area contributed by atoms with Crippen molar-refractivity contribution in [3.63, 3.8) is 0 Å². The molecule has 2 aliphatic heterocycles. The number of aromatic amines is 1. The fourth-order valence-corrected chi connectivity index (χ4v) is 4.35. The van der Waals surface area contributed by atoms with Gasteiger partial charge in [0.1, 0.15) is 0 Å². The zero-order chi connectivity index (χ0) is 18.6. The number of hydrogen-bond acceptors (Lipinski definition) is 3. The van der Waals surface area contributed by atoms with Gasteiger partial charge in [0.2, 0.25) is 5.82 Å². The van der Waals surface area contributed by atoms with Crippen LogP contribution in [-0.2, 0) is 10.9 Å². The molecule has 5 rings (SSSR count). The van der Waals surface area contributed by atoms with Crippen LogP contribution in [0.1, 0.15) is 41.9 Å². The smallest absolute Gasteiger partial charge is 0.377 e. The largest absolute Gasteiger partial charge is 0.449 e. The van der Waals surface area contributed by atoms with Gasteiger partial charge in [-0.1, -0.05) is 30.3 Å². The summed E-state index contributed by atoms with van der Waals surface area (Å²) in [5, 5.41) is 3.54. The number of imidazole rings is 1. The molecule has 0 amide bonds. The standard InChI is InChI=1S/C20H18F3N3O/c21-20(22,23)19-25-14-9-8-13-15(17(14)26-19)18-12(7-4-10-27-18)16(24-13)11-5-2-1-3-6-11/h1-3,5-6,8-9,12,16,18,24H,4,7,10H2,(H,25,26)/t12-,16-,18-/m0/s1. The molecule has 140 valence electrons. The minimum absolute atomic E-state index is 0.0579. The number of anilines is 1. The summed E-state index contributed by atoms with van der Waals surface area (Å²) in [4.78, 5) is 6.29. The molecule has 4 nitrogen and oxygen atoms in total. The minimum atomic E-state index is -4.51. The minimum Gasteiger partial charge on any atom is -0.377 e. The average Bonchev–Trinajstić information content (AvgIpc) is 3.13. The number of nitrogens with zero attached hydrogens (tertiary/aromatic N) is 1. The molecule has 0 aliphatic carbocycles. The zero-order valence-corrected chi connectivity index (χ0v) is 14.4. The summed E-state index contributed by atoms with van der Waals surface area (Å²) in [6, 6.07) is 13.6. The molecular weight excluding hydrogens is 355 g/mol. The molecule has 3 aromatic rings. The van der Waals surface area contributed by atoms with E-state index in [2.05, 4.69) is 27.4 Å². The molecule has 27 heavy (non-hydrogen) atoms. The summed E-state index contributed by atoms with van der Waals surface area (Å²) in [5.41, 5.74) is 3.40. The molecular formula is C20H18F3N3O. The second kappa shape index (κ2) is 5.99. The van der Waals surface area contributed by atoms with Gasteiger partial charge in [0.15, 0.2) is 0 Å². The van der Waals surface area contributed by atoms with Crippen LogP contribution in [0.15, 0.2) is 42.5 Å². The van der Waals surface area contributed by atoms with Crippen molar-refractivity contribution in [1.82, 2.24) is 9.97 Å². The van der Waals surface area contributed by atoms with Crippen molar-refractivity contribution in [2.45, 2.75) is 31.2 Å². The lowest BCUT2D eigenvalue weighted by atomic mass is 9.77. The van der Waals surface area contributed by atoms with Gasteiger partial charge in [0, 0.05) is 23.8 Å². The highest BCUT2D eigenvalue weighted by Gasteiger charge is 2.42. The van der Waals surface area contributed by atoms with E-state index >= 15 is 0 Å². The lowest BCUT2D eigenvalue weighted by Crippen LogP contribution is -2.36. The molecule has 2 aliphatic rings. The molecule has 1 fully saturated rings. The number of halogens is 3. The van der Waals surface area contributed by atoms with Crippen LogP contribution in [0.3, 0.4) is 0 Å². The second-order valence-corrected chi connectivity index (χ2v) is 7.14. The summed E-state index contributed by atoms with van der Waals surface area (Å²) in [6.45, 7) is 0.606. The summed E-state index contributed by atoms with van der Waals surface area (Å²) in [7, 11) is 0. The van der Waals surface area contributed by atoms with Gasteiger partial charge in [-0.2, -0.15) is 13.2 Å². The lowest BCUT2D eigenvalue weighted by Gasteiger charge is -2.43. The Bertz CT molecular complexity index is 983. The SMILES string of the molecule is FC(F)(F)c1nc2c3c(ccc2[nH]1)N[C@@H](c1ccccc1)[C@@H]1CCCO[C@H]31. The van der Waals surface area contributed by atoms with Crippen LogP contribution in [0, 0.1) is 5.92 Å². The maximum absolute atomic E-state index is 13.1. The number of aromatic nitrogens is 2. The highest BCUT2D eigenvalue weighted by molar-refractivity contribution is 5.86. The topological polar surface area (TPSA) is 49.9 Å². The van der Waals surface area contributed by atoms with E-state index < -0.39 is 12.0 Å². The van der Waals surface area contributed by atoms with Gasteiger partial charge in [-0.25, -0.2) is 4.98 Å². The van der Waals surface area contributed by atoms with Crippen LogP contribution in [0.5, 0.6) is 0 Å². The Morgan fingerprint density at radius 3 is 2.67 bits per heavy atom. The van der Waals surface area contributed by atoms with Crippen molar-refractivity contribution in [2.24, 2.45) is 5.92 Å². The van der Waals surface area contributed by atoms with E-state index in [1.165, 1.54) is 0 Å². The summed E-state index contributed by atoms with van der Waals surface area (Å²) in [5.74, 6) is -0.825. The molecule has 0 spiro atoms. The second-order valence-electron chi connectivity index (χ2n) is 7.14. The van der Waals surface area contributed by atoms with Crippen LogP contribution in [-0.4, -0.2) is 16.6 Å². The van der Waals surface area contributed by atoms with E-state index in [4.69, 9.17) is 4.74 Å². The number of benzene rings is 2. The number of alkyl halides is 3. The number of H-pyrrole nitrogens is 1. The third kappa shape index (κ3) is 2.68. The van der Waals surface area contributed by atoms with Crippen molar-refractivity contribution in [2.75, 3.05) is 11.9 Å². The molecule has 2 N–H and O–H groups in total. The molecule has 3 heterocycles. The van der Waals surface area contributed by atoms with Gasteiger partial charge in [-0.05, 0) is 30.5 Å². The number of ether oxygens (including phenoxy) is 1. The molecule has 0 unspecified atom stereocenters. The Hall–Kier alpha value is -2.54. The van der Waals surface area contributed by atoms with E-state index in [0.717, 1.165) is 29.7 Å². The van der Waals surface area contributed by atoms with E-state index in [1.54, 1.807) is 6.07 Å². The third-order valence-corrected chi connectivity index (χ3v) is 5.51. The van der Waals surface area contributed by atoms with Gasteiger partial charge in [-0.15, -0.1) is 0 Å². The van der Waals surface area contributed by atoms with Crippen LogP contribution in [0.25, 0.3) is 11.0 Å². The van der Waals surface area contributed by atoms with Crippen molar-refractivity contribution >= 4 is 16.7 Å². The number of hydrogen-bond donors (Lipinski definition) is 2. The first-order valence-corrected chi connectivity index (χ1v) is 9.05. The summed E-state index contributed by atoms with van der Waals surface area (Å²) < 4.78 is 45.5. The van der Waals surface area contributed by atoms with Crippen molar-refractivity contribution < 1.29 is 17.9 Å². The Morgan fingerprint density at radius 1 is 1.07 bits per heavy atom. The van der Waals surface area contributed by atoms with Gasteiger partial charge < -0.3 is 15.0 Å². The van der Waals surface area contributed by atoms with Gasteiger partial charge in [0.25, 0.3) is 0 Å². The Labute approximate surface area is 153 Å². The molecule has 0 saturated carbocycles. The fraction of sp³-hybridized carbons (Fsp3) is 0.350. The third-order valence-electron chi connectivity index (χ3n) is 5.51. The molecule has 1 saturated heterocycles. The Balaban J connectivity index is 1.67. The molecule has 7 heteroatoms. The fourth-order valence-electron chi connectivity index (χ4n) is 4.35. The first kappa shape index (κ1) is 16.6. The molecule has 0 radical (unpaired) electrons. The highest BCUT2D eigenvalue weighted by atomic mass is 19.4. The first-order chi connectivity index (χ1) is 13.0. The number of fused-ring (bicyclic) bond motifs is 5. The molecule has 2 aromatic carbocycles. The zero-order valence-electron chi connectivity index (χ0n) is 14.4. The maximum Gasteiger partial charge on any atom is 0.449 e. The van der Waals surface area contributed by atoms with Crippen LogP contribution < -0.4 is 5.32 Å². The number of rotatable bonds is 1. The van der Waals surface area contributed by atoms with Crippen LogP contribution in [0.4, 0.5) is 18.9 Å². The normalized spacial score (nSPS) is 24.9. The predicted octanol–water partition coefficient (Wildman–Crippen LogP) is 5.22. The first-order valence-electron chi connectivity index (χ1n) is 9.05. The molecule has 1 aromatic heterocycles. The number of nitrogens with one attached hydrogen (secondary N) is 2. The Kier molecular flexibility index (Phi) is 3.69. The van der Waals surface area contributed by atoms with Crippen LogP contribution >= 0.6 is 0 Å². The van der Waals surface area contributed by atoms with E-state index in [9.17, 15) is 13.2 Å².